The minimum Gasteiger partial charge on any atom is -0.383 e. The topological polar surface area (TPSA) is 27.7 Å². The molecule has 20 heavy (non-hydrogen) atoms. The number of hydrogen-bond acceptors (Lipinski definition) is 4. The van der Waals surface area contributed by atoms with Crippen LogP contribution in [0.1, 0.15) is 40.5 Å². The van der Waals surface area contributed by atoms with Gasteiger partial charge in [-0.15, -0.1) is 0 Å². The first kappa shape index (κ1) is 19.8. The quantitative estimate of drug-likeness (QED) is 0.529. The second-order valence-corrected chi connectivity index (χ2v) is 5.38. The van der Waals surface area contributed by atoms with Crippen LogP contribution < -0.4 is 5.32 Å². The standard InChI is InChI=1S/C16H37N3O/c1-6-11-17-16(15-20-5)14-19(9-4)13-10-12-18(7-2)8-3/h16-17H,6-15H2,1-5H3. The highest BCUT2D eigenvalue weighted by Gasteiger charge is 2.12. The van der Waals surface area contributed by atoms with Crippen LogP contribution in [-0.2, 0) is 4.74 Å². The van der Waals surface area contributed by atoms with Gasteiger partial charge in [0, 0.05) is 19.7 Å². The van der Waals surface area contributed by atoms with Crippen molar-refractivity contribution in [1.29, 1.82) is 0 Å². The second-order valence-electron chi connectivity index (χ2n) is 5.38. The summed E-state index contributed by atoms with van der Waals surface area (Å²) < 4.78 is 5.33. The van der Waals surface area contributed by atoms with Gasteiger partial charge in [0.2, 0.25) is 0 Å². The van der Waals surface area contributed by atoms with E-state index in [-0.39, 0.29) is 0 Å². The average molecular weight is 287 g/mol. The Morgan fingerprint density at radius 3 is 2.05 bits per heavy atom. The summed E-state index contributed by atoms with van der Waals surface area (Å²) in [4.78, 5) is 5.03. The first-order valence-electron chi connectivity index (χ1n) is 8.38. The number of ether oxygens (including phenoxy) is 1. The molecule has 0 heterocycles. The zero-order valence-electron chi connectivity index (χ0n) is 14.5. The van der Waals surface area contributed by atoms with E-state index in [1.165, 1.54) is 25.9 Å². The van der Waals surface area contributed by atoms with Gasteiger partial charge < -0.3 is 19.9 Å². The summed E-state index contributed by atoms with van der Waals surface area (Å²) in [7, 11) is 1.79. The van der Waals surface area contributed by atoms with Crippen molar-refractivity contribution in [1.82, 2.24) is 15.1 Å². The molecule has 1 N–H and O–H groups in total. The molecule has 1 unspecified atom stereocenters. The average Bonchev–Trinajstić information content (AvgIpc) is 2.47. The smallest absolute Gasteiger partial charge is 0.0628 e. The van der Waals surface area contributed by atoms with Crippen LogP contribution in [0.2, 0.25) is 0 Å². The van der Waals surface area contributed by atoms with Gasteiger partial charge in [-0.05, 0) is 52.1 Å². The molecule has 0 bridgehead atoms. The van der Waals surface area contributed by atoms with Crippen LogP contribution in [0, 0.1) is 0 Å². The lowest BCUT2D eigenvalue weighted by Gasteiger charge is -2.28. The van der Waals surface area contributed by atoms with Gasteiger partial charge in [-0.3, -0.25) is 0 Å². The lowest BCUT2D eigenvalue weighted by Crippen LogP contribution is -2.44. The van der Waals surface area contributed by atoms with Crippen molar-refractivity contribution < 1.29 is 4.74 Å². The SMILES string of the molecule is CCCNC(COC)CN(CC)CCCN(CC)CC. The third-order valence-electron chi connectivity index (χ3n) is 3.82. The molecule has 0 amide bonds. The molecule has 0 fully saturated rings. The summed E-state index contributed by atoms with van der Waals surface area (Å²) in [5.74, 6) is 0. The van der Waals surface area contributed by atoms with Crippen LogP contribution in [-0.4, -0.2) is 75.4 Å². The van der Waals surface area contributed by atoms with E-state index in [1.807, 2.05) is 0 Å². The molecule has 0 saturated heterocycles. The van der Waals surface area contributed by atoms with E-state index in [4.69, 9.17) is 4.74 Å². The summed E-state index contributed by atoms with van der Waals surface area (Å²) in [6, 6.07) is 0.452. The Morgan fingerprint density at radius 1 is 0.950 bits per heavy atom. The molecule has 0 radical (unpaired) electrons. The Bertz CT molecular complexity index is 198. The summed E-state index contributed by atoms with van der Waals surface area (Å²) in [6.07, 6.45) is 2.43. The third kappa shape index (κ3) is 9.70. The summed E-state index contributed by atoms with van der Waals surface area (Å²) in [5, 5.41) is 3.58. The Labute approximate surface area is 126 Å². The monoisotopic (exact) mass is 287 g/mol. The van der Waals surface area contributed by atoms with Crippen LogP contribution in [0.5, 0.6) is 0 Å². The van der Waals surface area contributed by atoms with E-state index < -0.39 is 0 Å². The van der Waals surface area contributed by atoms with Crippen molar-refractivity contribution in [3.05, 3.63) is 0 Å². The predicted octanol–water partition coefficient (Wildman–Crippen LogP) is 2.05. The van der Waals surface area contributed by atoms with E-state index >= 15 is 0 Å². The van der Waals surface area contributed by atoms with E-state index in [2.05, 4.69) is 42.8 Å². The Kier molecular flexibility index (Phi) is 13.7. The molecule has 0 aliphatic heterocycles. The Hall–Kier alpha value is -0.160. The number of rotatable bonds is 14. The molecular formula is C16H37N3O. The van der Waals surface area contributed by atoms with Crippen molar-refractivity contribution in [2.24, 2.45) is 0 Å². The molecule has 4 nitrogen and oxygen atoms in total. The maximum Gasteiger partial charge on any atom is 0.0628 e. The molecule has 0 rings (SSSR count). The van der Waals surface area contributed by atoms with Crippen molar-refractivity contribution in [2.75, 3.05) is 59.5 Å². The number of nitrogens with zero attached hydrogens (tertiary/aromatic N) is 2. The fraction of sp³-hybridized carbons (Fsp3) is 1.00. The molecule has 4 heteroatoms. The van der Waals surface area contributed by atoms with Gasteiger partial charge in [0.05, 0.1) is 6.61 Å². The van der Waals surface area contributed by atoms with Crippen molar-refractivity contribution in [2.45, 2.75) is 46.6 Å². The van der Waals surface area contributed by atoms with Gasteiger partial charge in [-0.2, -0.15) is 0 Å². The van der Waals surface area contributed by atoms with Crippen LogP contribution in [0.3, 0.4) is 0 Å². The van der Waals surface area contributed by atoms with Gasteiger partial charge in [0.25, 0.3) is 0 Å². The van der Waals surface area contributed by atoms with Crippen LogP contribution in [0.15, 0.2) is 0 Å². The lowest BCUT2D eigenvalue weighted by molar-refractivity contribution is 0.137. The highest BCUT2D eigenvalue weighted by atomic mass is 16.5. The van der Waals surface area contributed by atoms with Crippen LogP contribution in [0.4, 0.5) is 0 Å². The Morgan fingerprint density at radius 2 is 1.55 bits per heavy atom. The Balaban J connectivity index is 4.02. The molecule has 0 aromatic rings. The van der Waals surface area contributed by atoms with Gasteiger partial charge in [0.15, 0.2) is 0 Å². The minimum absolute atomic E-state index is 0.452. The van der Waals surface area contributed by atoms with Crippen molar-refractivity contribution in [3.8, 4) is 0 Å². The van der Waals surface area contributed by atoms with Gasteiger partial charge >= 0.3 is 0 Å². The van der Waals surface area contributed by atoms with E-state index in [0.717, 1.165) is 39.3 Å². The van der Waals surface area contributed by atoms with E-state index in [1.54, 1.807) is 7.11 Å². The van der Waals surface area contributed by atoms with Crippen molar-refractivity contribution >= 4 is 0 Å². The number of hydrogen-bond donors (Lipinski definition) is 1. The summed E-state index contributed by atoms with van der Waals surface area (Å²) >= 11 is 0. The first-order valence-corrected chi connectivity index (χ1v) is 8.38. The van der Waals surface area contributed by atoms with Crippen LogP contribution in [0.25, 0.3) is 0 Å². The molecule has 0 saturated carbocycles. The fourth-order valence-corrected chi connectivity index (χ4v) is 2.47. The van der Waals surface area contributed by atoms with E-state index in [9.17, 15) is 0 Å². The third-order valence-corrected chi connectivity index (χ3v) is 3.82. The van der Waals surface area contributed by atoms with Crippen LogP contribution >= 0.6 is 0 Å². The highest BCUT2D eigenvalue weighted by molar-refractivity contribution is 4.71. The molecule has 0 aliphatic carbocycles. The molecule has 0 aromatic carbocycles. The zero-order valence-corrected chi connectivity index (χ0v) is 14.5. The summed E-state index contributed by atoms with van der Waals surface area (Å²) in [6.45, 7) is 17.7. The number of methoxy groups -OCH3 is 1. The van der Waals surface area contributed by atoms with Gasteiger partial charge in [0.1, 0.15) is 0 Å². The summed E-state index contributed by atoms with van der Waals surface area (Å²) in [5.41, 5.74) is 0. The van der Waals surface area contributed by atoms with E-state index in [0.29, 0.717) is 6.04 Å². The van der Waals surface area contributed by atoms with Gasteiger partial charge in [-0.25, -0.2) is 0 Å². The molecule has 1 atom stereocenters. The molecular weight excluding hydrogens is 250 g/mol. The zero-order chi connectivity index (χ0) is 15.2. The first-order chi connectivity index (χ1) is 9.71. The lowest BCUT2D eigenvalue weighted by atomic mass is 10.2. The number of likely N-dealkylation sites (N-methyl/N-ethyl adjacent to an activating group) is 1. The predicted molar refractivity (Wildman–Crippen MR) is 88.5 cm³/mol. The molecule has 0 aromatic heterocycles. The maximum absolute atomic E-state index is 5.33. The normalized spacial score (nSPS) is 13.3. The highest BCUT2D eigenvalue weighted by Crippen LogP contribution is 1.98. The maximum atomic E-state index is 5.33. The molecule has 0 spiro atoms. The minimum atomic E-state index is 0.452. The molecule has 0 aliphatic rings. The van der Waals surface area contributed by atoms with Crippen molar-refractivity contribution in [3.63, 3.8) is 0 Å². The fourth-order valence-electron chi connectivity index (χ4n) is 2.47. The second kappa shape index (κ2) is 13.8. The largest absolute Gasteiger partial charge is 0.383 e. The van der Waals surface area contributed by atoms with Gasteiger partial charge in [-0.1, -0.05) is 27.7 Å². The number of nitrogens with one attached hydrogen (secondary N) is 1. The molecule has 122 valence electrons.